The summed E-state index contributed by atoms with van der Waals surface area (Å²) in [4.78, 5) is 12.3. The van der Waals surface area contributed by atoms with Crippen LogP contribution in [-0.4, -0.2) is 12.5 Å². The van der Waals surface area contributed by atoms with Gasteiger partial charge in [0.2, 0.25) is 5.91 Å². The maximum absolute atomic E-state index is 11.1. The van der Waals surface area contributed by atoms with Gasteiger partial charge >= 0.3 is 0 Å². The third-order valence-corrected chi connectivity index (χ3v) is 4.61. The number of rotatable bonds is 5. The van der Waals surface area contributed by atoms with Crippen LogP contribution < -0.4 is 10.6 Å². The minimum absolute atomic E-state index is 0.0161. The fraction of sp³-hybridized carbons (Fsp3) is 0.312. The summed E-state index contributed by atoms with van der Waals surface area (Å²) < 4.78 is 0. The Bertz CT molecular complexity index is 620. The van der Waals surface area contributed by atoms with Gasteiger partial charge in [0.1, 0.15) is 0 Å². The first kappa shape index (κ1) is 13.3. The summed E-state index contributed by atoms with van der Waals surface area (Å²) in [5.74, 6) is 0.618. The number of amides is 1. The molecule has 104 valence electrons. The fourth-order valence-electron chi connectivity index (χ4n) is 2.68. The van der Waals surface area contributed by atoms with E-state index in [1.165, 1.54) is 22.4 Å². The van der Waals surface area contributed by atoms with Crippen LogP contribution >= 0.6 is 11.3 Å². The molecule has 0 bridgehead atoms. The van der Waals surface area contributed by atoms with E-state index in [0.717, 1.165) is 18.8 Å². The summed E-state index contributed by atoms with van der Waals surface area (Å²) in [7, 11) is 0. The molecular weight excluding hydrogens is 268 g/mol. The van der Waals surface area contributed by atoms with Crippen molar-refractivity contribution in [2.75, 3.05) is 11.9 Å². The molecular formula is C16H18N2OS. The SMILES string of the molecule is CC(=O)Nc1ccsc1CNCC1Cc2ccccc21. The number of carbonyl (C=O) groups excluding carboxylic acids is 1. The number of fused-ring (bicyclic) bond motifs is 1. The van der Waals surface area contributed by atoms with Crippen molar-refractivity contribution in [1.82, 2.24) is 5.32 Å². The summed E-state index contributed by atoms with van der Waals surface area (Å²) in [6.45, 7) is 3.35. The molecule has 0 spiro atoms. The Balaban J connectivity index is 1.52. The van der Waals surface area contributed by atoms with Crippen molar-refractivity contribution >= 4 is 22.9 Å². The second-order valence-corrected chi connectivity index (χ2v) is 6.17. The second kappa shape index (κ2) is 5.77. The summed E-state index contributed by atoms with van der Waals surface area (Å²) in [6.07, 6.45) is 1.17. The third-order valence-electron chi connectivity index (χ3n) is 3.69. The zero-order valence-corrected chi connectivity index (χ0v) is 12.3. The van der Waals surface area contributed by atoms with Crippen molar-refractivity contribution in [3.63, 3.8) is 0 Å². The van der Waals surface area contributed by atoms with Gasteiger partial charge in [0.25, 0.3) is 0 Å². The average Bonchev–Trinajstić information content (AvgIpc) is 2.81. The minimum Gasteiger partial charge on any atom is -0.325 e. The van der Waals surface area contributed by atoms with E-state index < -0.39 is 0 Å². The van der Waals surface area contributed by atoms with E-state index in [1.54, 1.807) is 18.3 Å². The number of carbonyl (C=O) groups is 1. The Morgan fingerprint density at radius 1 is 1.35 bits per heavy atom. The molecule has 4 heteroatoms. The lowest BCUT2D eigenvalue weighted by atomic mass is 9.77. The highest BCUT2D eigenvalue weighted by Gasteiger charge is 2.24. The number of hydrogen-bond acceptors (Lipinski definition) is 3. The lowest BCUT2D eigenvalue weighted by molar-refractivity contribution is -0.114. The molecule has 2 N–H and O–H groups in total. The van der Waals surface area contributed by atoms with E-state index in [1.807, 2.05) is 11.4 Å². The molecule has 1 atom stereocenters. The molecule has 0 saturated heterocycles. The molecule has 0 fully saturated rings. The van der Waals surface area contributed by atoms with E-state index >= 15 is 0 Å². The Hall–Kier alpha value is -1.65. The van der Waals surface area contributed by atoms with Gasteiger partial charge in [-0.1, -0.05) is 24.3 Å². The molecule has 1 amide bonds. The van der Waals surface area contributed by atoms with Crippen LogP contribution in [0.25, 0.3) is 0 Å². The van der Waals surface area contributed by atoms with Gasteiger partial charge < -0.3 is 10.6 Å². The van der Waals surface area contributed by atoms with Gasteiger partial charge in [0.05, 0.1) is 5.69 Å². The first-order chi connectivity index (χ1) is 9.74. The minimum atomic E-state index is -0.0161. The van der Waals surface area contributed by atoms with Crippen molar-refractivity contribution in [3.05, 3.63) is 51.7 Å². The van der Waals surface area contributed by atoms with Crippen molar-refractivity contribution in [1.29, 1.82) is 0 Å². The monoisotopic (exact) mass is 286 g/mol. The number of benzene rings is 1. The topological polar surface area (TPSA) is 41.1 Å². The maximum Gasteiger partial charge on any atom is 0.221 e. The third kappa shape index (κ3) is 2.76. The molecule has 0 radical (unpaired) electrons. The molecule has 3 rings (SSSR count). The van der Waals surface area contributed by atoms with Gasteiger partial charge in [-0.3, -0.25) is 4.79 Å². The van der Waals surface area contributed by atoms with E-state index in [4.69, 9.17) is 0 Å². The number of nitrogens with one attached hydrogen (secondary N) is 2. The van der Waals surface area contributed by atoms with Crippen molar-refractivity contribution in [2.45, 2.75) is 25.8 Å². The van der Waals surface area contributed by atoms with Gasteiger partial charge in [-0.25, -0.2) is 0 Å². The van der Waals surface area contributed by atoms with Gasteiger partial charge in [0, 0.05) is 30.8 Å². The van der Waals surface area contributed by atoms with E-state index in [2.05, 4.69) is 34.9 Å². The highest BCUT2D eigenvalue weighted by molar-refractivity contribution is 7.10. The highest BCUT2D eigenvalue weighted by atomic mass is 32.1. The molecule has 1 aliphatic rings. The maximum atomic E-state index is 11.1. The standard InChI is InChI=1S/C16H18N2OS/c1-11(19)18-15-6-7-20-16(15)10-17-9-13-8-12-4-2-3-5-14(12)13/h2-7,13,17H,8-10H2,1H3,(H,18,19). The van der Waals surface area contributed by atoms with Crippen LogP contribution in [0.3, 0.4) is 0 Å². The predicted molar refractivity (Wildman–Crippen MR) is 83.2 cm³/mol. The molecule has 1 aromatic carbocycles. The summed E-state index contributed by atoms with van der Waals surface area (Å²) >= 11 is 1.68. The molecule has 1 aromatic heterocycles. The lowest BCUT2D eigenvalue weighted by Gasteiger charge is -2.30. The summed E-state index contributed by atoms with van der Waals surface area (Å²) in [6, 6.07) is 10.6. The predicted octanol–water partition coefficient (Wildman–Crippen LogP) is 3.14. The number of hydrogen-bond donors (Lipinski definition) is 2. The molecule has 0 saturated carbocycles. The smallest absolute Gasteiger partial charge is 0.221 e. The van der Waals surface area contributed by atoms with Crippen LogP contribution in [0.5, 0.6) is 0 Å². The summed E-state index contributed by atoms with van der Waals surface area (Å²) in [5.41, 5.74) is 3.90. The highest BCUT2D eigenvalue weighted by Crippen LogP contribution is 2.34. The van der Waals surface area contributed by atoms with Crippen LogP contribution in [0, 0.1) is 0 Å². The first-order valence-electron chi connectivity index (χ1n) is 6.86. The Kier molecular flexibility index (Phi) is 3.85. The second-order valence-electron chi connectivity index (χ2n) is 5.17. The zero-order chi connectivity index (χ0) is 13.9. The lowest BCUT2D eigenvalue weighted by Crippen LogP contribution is -2.28. The Morgan fingerprint density at radius 2 is 2.20 bits per heavy atom. The van der Waals surface area contributed by atoms with Crippen molar-refractivity contribution in [2.24, 2.45) is 0 Å². The van der Waals surface area contributed by atoms with Gasteiger partial charge in [-0.05, 0) is 29.0 Å². The largest absolute Gasteiger partial charge is 0.325 e. The van der Waals surface area contributed by atoms with E-state index in [0.29, 0.717) is 5.92 Å². The van der Waals surface area contributed by atoms with Crippen LogP contribution in [0.1, 0.15) is 28.8 Å². The fourth-order valence-corrected chi connectivity index (χ4v) is 3.48. The Labute approximate surface area is 123 Å². The van der Waals surface area contributed by atoms with Crippen molar-refractivity contribution in [3.8, 4) is 0 Å². The molecule has 1 aliphatic carbocycles. The zero-order valence-electron chi connectivity index (χ0n) is 11.5. The molecule has 20 heavy (non-hydrogen) atoms. The molecule has 3 nitrogen and oxygen atoms in total. The van der Waals surface area contributed by atoms with Crippen molar-refractivity contribution < 1.29 is 4.79 Å². The van der Waals surface area contributed by atoms with E-state index in [-0.39, 0.29) is 5.91 Å². The van der Waals surface area contributed by atoms with Crippen LogP contribution in [-0.2, 0) is 17.8 Å². The molecule has 1 heterocycles. The number of thiophene rings is 1. The first-order valence-corrected chi connectivity index (χ1v) is 7.74. The molecule has 1 unspecified atom stereocenters. The van der Waals surface area contributed by atoms with Crippen LogP contribution in [0.4, 0.5) is 5.69 Å². The van der Waals surface area contributed by atoms with E-state index in [9.17, 15) is 4.79 Å². The summed E-state index contributed by atoms with van der Waals surface area (Å²) in [5, 5.41) is 8.38. The Morgan fingerprint density at radius 3 is 3.00 bits per heavy atom. The molecule has 0 aliphatic heterocycles. The average molecular weight is 286 g/mol. The normalized spacial score (nSPS) is 16.4. The molecule has 2 aromatic rings. The van der Waals surface area contributed by atoms with Crippen LogP contribution in [0.2, 0.25) is 0 Å². The van der Waals surface area contributed by atoms with Gasteiger partial charge in [-0.2, -0.15) is 0 Å². The quantitative estimate of drug-likeness (QED) is 0.886. The number of anilines is 1. The van der Waals surface area contributed by atoms with Crippen LogP contribution in [0.15, 0.2) is 35.7 Å². The van der Waals surface area contributed by atoms with Gasteiger partial charge in [0.15, 0.2) is 0 Å². The van der Waals surface area contributed by atoms with Gasteiger partial charge in [-0.15, -0.1) is 11.3 Å².